The fraction of sp³-hybridized carbons (Fsp3) is 0.522. The van der Waals surface area contributed by atoms with Crippen LogP contribution in [0.15, 0.2) is 28.3 Å². The molecule has 7 heteroatoms. The fourth-order valence-corrected chi connectivity index (χ4v) is 4.60. The predicted molar refractivity (Wildman–Crippen MR) is 124 cm³/mol. The normalized spacial score (nSPS) is 24.7. The van der Waals surface area contributed by atoms with Crippen molar-refractivity contribution in [2.45, 2.75) is 76.9 Å². The summed E-state index contributed by atoms with van der Waals surface area (Å²) in [7, 11) is 0. The summed E-state index contributed by atoms with van der Waals surface area (Å²) in [6, 6.07) is 4.56. The lowest BCUT2D eigenvalue weighted by Gasteiger charge is -2.33. The van der Waals surface area contributed by atoms with Gasteiger partial charge in [-0.15, -0.1) is 0 Å². The van der Waals surface area contributed by atoms with Gasteiger partial charge in [-0.3, -0.25) is 4.68 Å². The van der Waals surface area contributed by atoms with Crippen LogP contribution in [-0.2, 0) is 0 Å². The molecule has 0 aliphatic heterocycles. The van der Waals surface area contributed by atoms with Crippen LogP contribution in [0.5, 0.6) is 0 Å². The molecule has 0 saturated heterocycles. The molecule has 0 unspecified atom stereocenters. The highest BCUT2D eigenvalue weighted by molar-refractivity contribution is 6.31. The number of aliphatic imine (C=N–C) groups is 2. The second-order valence-corrected chi connectivity index (χ2v) is 9.38. The molecule has 0 bridgehead atoms. The summed E-state index contributed by atoms with van der Waals surface area (Å²) >= 11 is 6.59. The first kappa shape index (κ1) is 21.1. The van der Waals surface area contributed by atoms with Gasteiger partial charge < -0.3 is 10.4 Å². The number of benzene rings is 1. The fourth-order valence-electron chi connectivity index (χ4n) is 4.23. The van der Waals surface area contributed by atoms with Gasteiger partial charge in [0, 0.05) is 5.02 Å². The Bertz CT molecular complexity index is 980. The largest absolute Gasteiger partial charge is 0.390 e. The van der Waals surface area contributed by atoms with Crippen molar-refractivity contribution in [2.75, 3.05) is 5.32 Å². The van der Waals surface area contributed by atoms with E-state index in [0.29, 0.717) is 17.9 Å². The van der Waals surface area contributed by atoms with Crippen LogP contribution >= 0.6 is 11.6 Å². The summed E-state index contributed by atoms with van der Waals surface area (Å²) in [5, 5.41) is 18.8. The number of guanidine groups is 1. The smallest absolute Gasteiger partial charge is 0.227 e. The molecule has 2 saturated carbocycles. The number of aryl methyl sites for hydroxylation is 1. The van der Waals surface area contributed by atoms with Gasteiger partial charge >= 0.3 is 0 Å². The number of aliphatic hydroxyl groups is 1. The summed E-state index contributed by atoms with van der Waals surface area (Å²) < 4.78 is 2.06. The zero-order valence-corrected chi connectivity index (χ0v) is 18.7. The average Bonchev–Trinajstić information content (AvgIpc) is 3.47. The highest BCUT2D eigenvalue weighted by Gasteiger charge is 2.30. The second-order valence-electron chi connectivity index (χ2n) is 8.97. The van der Waals surface area contributed by atoms with Crippen molar-refractivity contribution in [3.8, 4) is 0 Å². The number of nitrogens with zero attached hydrogens (tertiary/aromatic N) is 4. The third-order valence-corrected chi connectivity index (χ3v) is 6.71. The Labute approximate surface area is 183 Å². The number of nitrogens with one attached hydrogen (secondary N) is 1. The Hall–Kier alpha value is -2.18. The topological polar surface area (TPSA) is 74.8 Å². The lowest BCUT2D eigenvalue weighted by molar-refractivity contribution is 0.0172. The molecule has 2 aliphatic carbocycles. The number of hydrogen-bond donors (Lipinski definition) is 2. The van der Waals surface area contributed by atoms with E-state index in [1.54, 1.807) is 0 Å². The Morgan fingerprint density at radius 3 is 2.60 bits per heavy atom. The molecule has 4 rings (SSSR count). The van der Waals surface area contributed by atoms with Crippen LogP contribution in [0.25, 0.3) is 0 Å². The minimum Gasteiger partial charge on any atom is -0.390 e. The van der Waals surface area contributed by atoms with Gasteiger partial charge in [0.15, 0.2) is 0 Å². The van der Waals surface area contributed by atoms with E-state index in [1.807, 2.05) is 26.1 Å². The second kappa shape index (κ2) is 8.16. The SMILES string of the molecule is C=NC(=Nc1cc(C2CCC(C)(O)CC2)c(Cl)cc1C)Nc1cnn(C2CC2)c1C. The van der Waals surface area contributed by atoms with Gasteiger partial charge in [0.05, 0.1) is 34.9 Å². The first-order valence-electron chi connectivity index (χ1n) is 10.7. The van der Waals surface area contributed by atoms with E-state index in [1.165, 1.54) is 12.8 Å². The van der Waals surface area contributed by atoms with Crippen LogP contribution in [0.3, 0.4) is 0 Å². The van der Waals surface area contributed by atoms with Crippen LogP contribution in [0.2, 0.25) is 5.02 Å². The minimum absolute atomic E-state index is 0.333. The molecule has 1 heterocycles. The summed E-state index contributed by atoms with van der Waals surface area (Å²) in [6.45, 7) is 9.65. The Morgan fingerprint density at radius 2 is 1.97 bits per heavy atom. The van der Waals surface area contributed by atoms with Crippen molar-refractivity contribution in [3.05, 3.63) is 40.2 Å². The van der Waals surface area contributed by atoms with Gasteiger partial charge in [-0.05, 0) is 95.2 Å². The van der Waals surface area contributed by atoms with Crippen molar-refractivity contribution in [2.24, 2.45) is 9.98 Å². The van der Waals surface area contributed by atoms with Gasteiger partial charge in [0.2, 0.25) is 5.96 Å². The number of hydrogen-bond acceptors (Lipinski definition) is 3. The molecular formula is C23H30ClN5O. The van der Waals surface area contributed by atoms with E-state index in [0.717, 1.165) is 58.9 Å². The molecule has 0 radical (unpaired) electrons. The summed E-state index contributed by atoms with van der Waals surface area (Å²) in [6.07, 6.45) is 7.60. The maximum Gasteiger partial charge on any atom is 0.227 e. The van der Waals surface area contributed by atoms with Crippen molar-refractivity contribution in [1.82, 2.24) is 9.78 Å². The molecule has 160 valence electrons. The molecule has 0 atom stereocenters. The molecule has 1 aromatic heterocycles. The number of aromatic nitrogens is 2. The van der Waals surface area contributed by atoms with Crippen LogP contribution < -0.4 is 5.32 Å². The summed E-state index contributed by atoms with van der Waals surface area (Å²) in [5.41, 5.74) is 4.32. The molecule has 2 fully saturated rings. The summed E-state index contributed by atoms with van der Waals surface area (Å²) in [4.78, 5) is 8.84. The molecule has 2 aromatic rings. The molecule has 2 N–H and O–H groups in total. The maximum atomic E-state index is 10.3. The third-order valence-electron chi connectivity index (χ3n) is 6.38. The quantitative estimate of drug-likeness (QED) is 0.485. The molecule has 1 aromatic carbocycles. The van der Waals surface area contributed by atoms with Crippen LogP contribution in [0, 0.1) is 13.8 Å². The van der Waals surface area contributed by atoms with E-state index < -0.39 is 5.60 Å². The number of halogens is 1. The number of anilines is 1. The summed E-state index contributed by atoms with van der Waals surface area (Å²) in [5.74, 6) is 0.774. The monoisotopic (exact) mass is 427 g/mol. The Kier molecular flexibility index (Phi) is 5.73. The Balaban J connectivity index is 1.59. The van der Waals surface area contributed by atoms with E-state index in [9.17, 15) is 5.11 Å². The minimum atomic E-state index is -0.568. The van der Waals surface area contributed by atoms with Crippen LogP contribution in [0.1, 0.15) is 74.2 Å². The van der Waals surface area contributed by atoms with Gasteiger partial charge in [-0.1, -0.05) is 11.6 Å². The van der Waals surface area contributed by atoms with Gasteiger partial charge in [-0.25, -0.2) is 9.98 Å². The predicted octanol–water partition coefficient (Wildman–Crippen LogP) is 5.70. The molecule has 2 aliphatic rings. The van der Waals surface area contributed by atoms with E-state index in [-0.39, 0.29) is 0 Å². The van der Waals surface area contributed by atoms with Gasteiger partial charge in [-0.2, -0.15) is 5.10 Å². The van der Waals surface area contributed by atoms with Crippen molar-refractivity contribution < 1.29 is 5.11 Å². The van der Waals surface area contributed by atoms with E-state index >= 15 is 0 Å². The molecule has 30 heavy (non-hydrogen) atoms. The highest BCUT2D eigenvalue weighted by atomic mass is 35.5. The van der Waals surface area contributed by atoms with E-state index in [2.05, 4.69) is 39.8 Å². The molecule has 0 amide bonds. The standard InChI is InChI=1S/C23H30ClN5O/c1-14-11-19(24)18(16-7-9-23(3,30)10-8-16)12-20(14)27-22(25-4)28-21-13-26-29(15(21)2)17-5-6-17/h11-13,16-17,30H,4-10H2,1-3H3,(H,27,28). The molecule has 0 spiro atoms. The first-order valence-corrected chi connectivity index (χ1v) is 11.0. The van der Waals surface area contributed by atoms with E-state index in [4.69, 9.17) is 16.6 Å². The first-order chi connectivity index (χ1) is 14.3. The maximum absolute atomic E-state index is 10.3. The van der Waals surface area contributed by atoms with Crippen LogP contribution in [-0.4, -0.2) is 33.2 Å². The lowest BCUT2D eigenvalue weighted by atomic mass is 9.77. The number of rotatable bonds is 4. The van der Waals surface area contributed by atoms with Crippen LogP contribution in [0.4, 0.5) is 11.4 Å². The lowest BCUT2D eigenvalue weighted by Crippen LogP contribution is -2.29. The zero-order chi connectivity index (χ0) is 21.5. The van der Waals surface area contributed by atoms with Crippen molar-refractivity contribution in [3.63, 3.8) is 0 Å². The highest BCUT2D eigenvalue weighted by Crippen LogP contribution is 2.42. The van der Waals surface area contributed by atoms with Gasteiger partial charge in [0.1, 0.15) is 0 Å². The zero-order valence-electron chi connectivity index (χ0n) is 18.0. The molecular weight excluding hydrogens is 398 g/mol. The van der Waals surface area contributed by atoms with Gasteiger partial charge in [0.25, 0.3) is 0 Å². The van der Waals surface area contributed by atoms with Crippen molar-refractivity contribution >= 4 is 35.7 Å². The third kappa shape index (κ3) is 4.44. The average molecular weight is 428 g/mol. The Morgan fingerprint density at radius 1 is 1.27 bits per heavy atom. The molecule has 6 nitrogen and oxygen atoms in total. The van der Waals surface area contributed by atoms with Crippen molar-refractivity contribution in [1.29, 1.82) is 0 Å².